The molecule has 1 rings (SSSR count). The molecule has 1 aromatic carbocycles. The quantitative estimate of drug-likeness (QED) is 0.346. The summed E-state index contributed by atoms with van der Waals surface area (Å²) in [6.07, 6.45) is 7.08. The molecule has 0 aliphatic rings. The highest BCUT2D eigenvalue weighted by atomic mass is 16.7. The SMILES string of the molecule is C/C=C\C(=C/C)COC(C)Oc1ccc(C(CC(C)C)C(C)C)cc1. The van der Waals surface area contributed by atoms with Crippen molar-refractivity contribution in [3.05, 3.63) is 53.6 Å². The molecular weight excluding hydrogens is 308 g/mol. The summed E-state index contributed by atoms with van der Waals surface area (Å²) in [5.74, 6) is 2.80. The molecule has 2 atom stereocenters. The molecule has 0 amide bonds. The van der Waals surface area contributed by atoms with Crippen LogP contribution in [0.25, 0.3) is 0 Å². The first kappa shape index (κ1) is 21.5. The molecule has 2 unspecified atom stereocenters. The van der Waals surface area contributed by atoms with Gasteiger partial charge in [-0.05, 0) is 68.2 Å². The molecule has 25 heavy (non-hydrogen) atoms. The highest BCUT2D eigenvalue weighted by Crippen LogP contribution is 2.32. The molecule has 140 valence electrons. The summed E-state index contributed by atoms with van der Waals surface area (Å²) >= 11 is 0. The van der Waals surface area contributed by atoms with Crippen molar-refractivity contribution in [3.8, 4) is 5.75 Å². The van der Waals surface area contributed by atoms with E-state index in [1.807, 2.05) is 26.8 Å². The molecular formula is C23H36O2. The van der Waals surface area contributed by atoms with E-state index in [9.17, 15) is 0 Å². The first-order valence-electron chi connectivity index (χ1n) is 9.53. The van der Waals surface area contributed by atoms with Gasteiger partial charge in [0.2, 0.25) is 0 Å². The van der Waals surface area contributed by atoms with Gasteiger partial charge in [0.15, 0.2) is 6.29 Å². The molecule has 0 bridgehead atoms. The van der Waals surface area contributed by atoms with Crippen molar-refractivity contribution in [2.24, 2.45) is 11.8 Å². The van der Waals surface area contributed by atoms with E-state index in [1.54, 1.807) is 0 Å². The Bertz CT molecular complexity index is 538. The molecule has 0 saturated carbocycles. The van der Waals surface area contributed by atoms with Gasteiger partial charge in [0.05, 0.1) is 6.61 Å². The summed E-state index contributed by atoms with van der Waals surface area (Å²) in [5, 5.41) is 0. The zero-order valence-electron chi connectivity index (χ0n) is 17.1. The van der Waals surface area contributed by atoms with E-state index in [0.717, 1.165) is 11.3 Å². The van der Waals surface area contributed by atoms with Crippen molar-refractivity contribution in [1.29, 1.82) is 0 Å². The normalized spacial score (nSPS) is 15.2. The van der Waals surface area contributed by atoms with Crippen LogP contribution in [0.2, 0.25) is 0 Å². The Kier molecular flexibility index (Phi) is 9.59. The van der Waals surface area contributed by atoms with Crippen LogP contribution in [0.1, 0.15) is 66.4 Å². The average Bonchev–Trinajstić information content (AvgIpc) is 2.57. The summed E-state index contributed by atoms with van der Waals surface area (Å²) < 4.78 is 11.7. The number of hydrogen-bond acceptors (Lipinski definition) is 2. The maximum atomic E-state index is 5.89. The fourth-order valence-corrected chi connectivity index (χ4v) is 2.98. The van der Waals surface area contributed by atoms with Crippen LogP contribution in [0, 0.1) is 11.8 Å². The van der Waals surface area contributed by atoms with E-state index < -0.39 is 0 Å². The molecule has 0 radical (unpaired) electrons. The second kappa shape index (κ2) is 11.1. The second-order valence-electron chi connectivity index (χ2n) is 7.41. The molecule has 0 heterocycles. The van der Waals surface area contributed by atoms with Gasteiger partial charge in [0.1, 0.15) is 5.75 Å². The molecule has 0 spiro atoms. The molecule has 0 aliphatic carbocycles. The molecule has 0 saturated heterocycles. The van der Waals surface area contributed by atoms with E-state index in [1.165, 1.54) is 12.0 Å². The minimum absolute atomic E-state index is 0.275. The fourth-order valence-electron chi connectivity index (χ4n) is 2.98. The lowest BCUT2D eigenvalue weighted by Crippen LogP contribution is -2.17. The Balaban J connectivity index is 2.63. The molecule has 1 aromatic rings. The van der Waals surface area contributed by atoms with Gasteiger partial charge in [0, 0.05) is 0 Å². The molecule has 0 aromatic heterocycles. The topological polar surface area (TPSA) is 18.5 Å². The fraction of sp³-hybridized carbons (Fsp3) is 0.565. The van der Waals surface area contributed by atoms with Crippen molar-refractivity contribution < 1.29 is 9.47 Å². The third kappa shape index (κ3) is 7.92. The number of allylic oxidation sites excluding steroid dienone is 2. The highest BCUT2D eigenvalue weighted by molar-refractivity contribution is 5.30. The van der Waals surface area contributed by atoms with Crippen molar-refractivity contribution in [2.75, 3.05) is 6.61 Å². The van der Waals surface area contributed by atoms with Crippen LogP contribution in [-0.2, 0) is 4.74 Å². The van der Waals surface area contributed by atoms with Crippen LogP contribution in [-0.4, -0.2) is 12.9 Å². The van der Waals surface area contributed by atoms with Crippen LogP contribution < -0.4 is 4.74 Å². The van der Waals surface area contributed by atoms with E-state index in [0.29, 0.717) is 24.4 Å². The largest absolute Gasteiger partial charge is 0.465 e. The van der Waals surface area contributed by atoms with Crippen molar-refractivity contribution in [1.82, 2.24) is 0 Å². The van der Waals surface area contributed by atoms with Crippen molar-refractivity contribution in [3.63, 3.8) is 0 Å². The predicted molar refractivity (Wildman–Crippen MR) is 108 cm³/mol. The van der Waals surface area contributed by atoms with Crippen LogP contribution in [0.4, 0.5) is 0 Å². The Morgan fingerprint density at radius 2 is 1.64 bits per heavy atom. The van der Waals surface area contributed by atoms with Gasteiger partial charge >= 0.3 is 0 Å². The standard InChI is InChI=1S/C23H36O2/c1-8-10-20(9-2)16-24-19(7)25-22-13-11-21(12-14-22)23(18(5)6)15-17(3)4/h8-14,17-19,23H,15-16H2,1-7H3/b10-8-,20-9+. The Morgan fingerprint density at radius 1 is 1.00 bits per heavy atom. The minimum atomic E-state index is -0.275. The van der Waals surface area contributed by atoms with Gasteiger partial charge in [-0.15, -0.1) is 0 Å². The Hall–Kier alpha value is -1.54. The van der Waals surface area contributed by atoms with Gasteiger partial charge in [-0.2, -0.15) is 0 Å². The molecule has 0 N–H and O–H groups in total. The second-order valence-corrected chi connectivity index (χ2v) is 7.41. The van der Waals surface area contributed by atoms with E-state index in [-0.39, 0.29) is 6.29 Å². The number of benzene rings is 1. The van der Waals surface area contributed by atoms with E-state index >= 15 is 0 Å². The van der Waals surface area contributed by atoms with Gasteiger partial charge in [-0.25, -0.2) is 0 Å². The zero-order valence-corrected chi connectivity index (χ0v) is 17.1. The predicted octanol–water partition coefficient (Wildman–Crippen LogP) is 6.74. The maximum Gasteiger partial charge on any atom is 0.197 e. The van der Waals surface area contributed by atoms with Crippen LogP contribution in [0.15, 0.2) is 48.1 Å². The van der Waals surface area contributed by atoms with Crippen molar-refractivity contribution >= 4 is 0 Å². The lowest BCUT2D eigenvalue weighted by molar-refractivity contribution is -0.0566. The molecule has 2 nitrogen and oxygen atoms in total. The van der Waals surface area contributed by atoms with Gasteiger partial charge in [-0.3, -0.25) is 0 Å². The minimum Gasteiger partial charge on any atom is -0.465 e. The van der Waals surface area contributed by atoms with Gasteiger partial charge < -0.3 is 9.47 Å². The third-order valence-electron chi connectivity index (χ3n) is 4.38. The average molecular weight is 345 g/mol. The third-order valence-corrected chi connectivity index (χ3v) is 4.38. The lowest BCUT2D eigenvalue weighted by atomic mass is 9.82. The summed E-state index contributed by atoms with van der Waals surface area (Å²) in [7, 11) is 0. The Labute approximate surface area is 154 Å². The monoisotopic (exact) mass is 344 g/mol. The highest BCUT2D eigenvalue weighted by Gasteiger charge is 2.17. The van der Waals surface area contributed by atoms with Crippen LogP contribution >= 0.6 is 0 Å². The molecule has 2 heteroatoms. The molecule has 0 fully saturated rings. The summed E-state index contributed by atoms with van der Waals surface area (Å²) in [6.45, 7) is 15.7. The first-order chi connectivity index (χ1) is 11.9. The number of ether oxygens (including phenoxy) is 2. The van der Waals surface area contributed by atoms with E-state index in [2.05, 4.69) is 64.1 Å². The summed E-state index contributed by atoms with van der Waals surface area (Å²) in [5.41, 5.74) is 2.55. The molecule has 0 aliphatic heterocycles. The summed E-state index contributed by atoms with van der Waals surface area (Å²) in [4.78, 5) is 0. The first-order valence-corrected chi connectivity index (χ1v) is 9.53. The van der Waals surface area contributed by atoms with E-state index in [4.69, 9.17) is 9.47 Å². The Morgan fingerprint density at radius 3 is 2.12 bits per heavy atom. The van der Waals surface area contributed by atoms with Crippen LogP contribution in [0.3, 0.4) is 0 Å². The van der Waals surface area contributed by atoms with Crippen molar-refractivity contribution in [2.45, 2.75) is 67.1 Å². The lowest BCUT2D eigenvalue weighted by Gasteiger charge is -2.24. The van der Waals surface area contributed by atoms with Crippen LogP contribution in [0.5, 0.6) is 5.75 Å². The maximum absolute atomic E-state index is 5.89. The summed E-state index contributed by atoms with van der Waals surface area (Å²) in [6, 6.07) is 8.53. The van der Waals surface area contributed by atoms with Gasteiger partial charge in [-0.1, -0.05) is 58.1 Å². The zero-order chi connectivity index (χ0) is 18.8. The van der Waals surface area contributed by atoms with Gasteiger partial charge in [0.25, 0.3) is 0 Å². The number of rotatable bonds is 10. The smallest absolute Gasteiger partial charge is 0.197 e. The number of hydrogen-bond donors (Lipinski definition) is 0.